The Morgan fingerprint density at radius 1 is 1.31 bits per heavy atom. The van der Waals surface area contributed by atoms with Crippen LogP contribution in [0.2, 0.25) is 19.6 Å². The molecule has 0 radical (unpaired) electrons. The predicted octanol–water partition coefficient (Wildman–Crippen LogP) is 2.58. The van der Waals surface area contributed by atoms with Crippen LogP contribution in [0.4, 0.5) is 5.13 Å². The number of hydrogen-bond donors (Lipinski definition) is 1. The highest BCUT2D eigenvalue weighted by atomic mass is 32.2. The Labute approximate surface area is 180 Å². The molecule has 2 aromatic rings. The van der Waals surface area contributed by atoms with E-state index >= 15 is 0 Å². The largest absolute Gasteiger partial charge is 0.450 e. The summed E-state index contributed by atoms with van der Waals surface area (Å²) in [6.07, 6.45) is 5.81. The molecule has 0 aromatic carbocycles. The van der Waals surface area contributed by atoms with Gasteiger partial charge in [-0.15, -0.1) is 11.8 Å². The Bertz CT molecular complexity index is 959. The van der Waals surface area contributed by atoms with Crippen LogP contribution < -0.4 is 10.7 Å². The second-order valence-corrected chi connectivity index (χ2v) is 17.3. The van der Waals surface area contributed by atoms with E-state index in [9.17, 15) is 13.2 Å². The minimum Gasteiger partial charge on any atom is -0.450 e. The summed E-state index contributed by atoms with van der Waals surface area (Å²) in [4.78, 5) is 21.1. The summed E-state index contributed by atoms with van der Waals surface area (Å²) in [5, 5.41) is 4.41. The quantitative estimate of drug-likeness (QED) is 0.486. The van der Waals surface area contributed by atoms with Gasteiger partial charge in [0.05, 0.1) is 28.6 Å². The van der Waals surface area contributed by atoms with Crippen LogP contribution in [0.1, 0.15) is 18.7 Å². The monoisotopic (exact) mass is 474 g/mol. The highest BCUT2D eigenvalue weighted by molar-refractivity contribution is 8.00. The molecule has 0 unspecified atom stereocenters. The topological polar surface area (TPSA) is 105 Å². The van der Waals surface area contributed by atoms with Crippen molar-refractivity contribution in [3.8, 4) is 0 Å². The second kappa shape index (κ2) is 8.88. The van der Waals surface area contributed by atoms with Crippen molar-refractivity contribution in [2.75, 3.05) is 24.7 Å². The molecule has 0 spiro atoms. The summed E-state index contributed by atoms with van der Waals surface area (Å²) in [5.41, 5.74) is 0. The number of hydrogen-bond acceptors (Lipinski definition) is 8. The van der Waals surface area contributed by atoms with Crippen molar-refractivity contribution in [2.24, 2.45) is 5.92 Å². The third kappa shape index (κ3) is 6.14. The molecule has 3 rings (SSSR count). The van der Waals surface area contributed by atoms with Crippen molar-refractivity contribution in [1.82, 2.24) is 14.3 Å². The van der Waals surface area contributed by atoms with Gasteiger partial charge in [-0.3, -0.25) is 4.79 Å². The average Bonchev–Trinajstić information content (AvgIpc) is 3.28. The molecule has 3 heterocycles. The molecular weight excluding hydrogens is 448 g/mol. The number of nitrogens with one attached hydrogen (secondary N) is 1. The third-order valence-corrected chi connectivity index (χ3v) is 9.74. The van der Waals surface area contributed by atoms with Crippen molar-refractivity contribution >= 4 is 57.6 Å². The number of rotatable bonds is 7. The molecule has 1 N–H and O–H groups in total. The molecule has 2 aromatic heterocycles. The number of sulfonamides is 1. The second-order valence-electron chi connectivity index (χ2n) is 8.07. The summed E-state index contributed by atoms with van der Waals surface area (Å²) in [5.74, 6) is 1.02. The minimum absolute atomic E-state index is 0.100. The number of thiazole rings is 1. The SMILES string of the molecule is C[Si](C)(C)c1cnc(CSc2cnc(NC(=O)C3CCN(S(C)(=O)=O)CC3)s2)o1. The Balaban J connectivity index is 1.49. The van der Waals surface area contributed by atoms with E-state index in [1.54, 1.807) is 18.0 Å². The predicted molar refractivity (Wildman–Crippen MR) is 119 cm³/mol. The summed E-state index contributed by atoms with van der Waals surface area (Å²) in [6.45, 7) is 7.41. The van der Waals surface area contributed by atoms with Crippen LogP contribution in [0.25, 0.3) is 0 Å². The van der Waals surface area contributed by atoms with Crippen LogP contribution in [0.5, 0.6) is 0 Å². The number of piperidine rings is 1. The molecule has 1 aliphatic heterocycles. The lowest BCUT2D eigenvalue weighted by atomic mass is 9.97. The normalized spacial score (nSPS) is 16.8. The Morgan fingerprint density at radius 3 is 2.59 bits per heavy atom. The lowest BCUT2D eigenvalue weighted by molar-refractivity contribution is -0.120. The number of amides is 1. The smallest absolute Gasteiger partial charge is 0.229 e. The fourth-order valence-corrected chi connectivity index (χ4v) is 6.38. The molecule has 12 heteroatoms. The van der Waals surface area contributed by atoms with Gasteiger partial charge in [0.15, 0.2) is 5.13 Å². The number of nitrogens with zero attached hydrogens (tertiary/aromatic N) is 3. The Morgan fingerprint density at radius 2 is 2.00 bits per heavy atom. The molecule has 8 nitrogen and oxygen atoms in total. The molecule has 1 saturated heterocycles. The molecule has 0 saturated carbocycles. The zero-order chi connectivity index (χ0) is 21.2. The van der Waals surface area contributed by atoms with E-state index in [0.29, 0.717) is 42.7 Å². The van der Waals surface area contributed by atoms with Gasteiger partial charge in [-0.05, 0) is 12.8 Å². The summed E-state index contributed by atoms with van der Waals surface area (Å²) in [6, 6.07) is 0. The maximum Gasteiger partial charge on any atom is 0.229 e. The average molecular weight is 475 g/mol. The van der Waals surface area contributed by atoms with Crippen LogP contribution >= 0.6 is 23.1 Å². The van der Waals surface area contributed by atoms with Gasteiger partial charge >= 0.3 is 0 Å². The Hall–Kier alpha value is -1.21. The van der Waals surface area contributed by atoms with E-state index in [2.05, 4.69) is 34.9 Å². The summed E-state index contributed by atoms with van der Waals surface area (Å²) < 4.78 is 31.4. The highest BCUT2D eigenvalue weighted by Crippen LogP contribution is 2.31. The van der Waals surface area contributed by atoms with Crippen LogP contribution in [-0.4, -0.2) is 56.0 Å². The number of carbonyl (C=O) groups excluding carboxylic acids is 1. The number of oxazole rings is 1. The first kappa shape index (κ1) is 22.5. The zero-order valence-electron chi connectivity index (χ0n) is 17.0. The zero-order valence-corrected chi connectivity index (χ0v) is 20.4. The van der Waals surface area contributed by atoms with Crippen LogP contribution in [0.15, 0.2) is 21.0 Å². The van der Waals surface area contributed by atoms with E-state index in [4.69, 9.17) is 4.42 Å². The van der Waals surface area contributed by atoms with Gasteiger partial charge in [0.1, 0.15) is 13.5 Å². The first-order valence-electron chi connectivity index (χ1n) is 9.32. The molecule has 1 fully saturated rings. The van der Waals surface area contributed by atoms with Crippen LogP contribution in [0, 0.1) is 5.92 Å². The van der Waals surface area contributed by atoms with Crippen molar-refractivity contribution in [3.05, 3.63) is 18.3 Å². The summed E-state index contributed by atoms with van der Waals surface area (Å²) in [7, 11) is -4.69. The molecule has 0 aliphatic carbocycles. The van der Waals surface area contributed by atoms with Gasteiger partial charge in [0.2, 0.25) is 21.8 Å². The molecule has 160 valence electrons. The van der Waals surface area contributed by atoms with Gasteiger partial charge < -0.3 is 9.73 Å². The van der Waals surface area contributed by atoms with E-state index in [1.165, 1.54) is 21.9 Å². The molecule has 0 bridgehead atoms. The highest BCUT2D eigenvalue weighted by Gasteiger charge is 2.29. The van der Waals surface area contributed by atoms with Gasteiger partial charge in [-0.1, -0.05) is 31.0 Å². The summed E-state index contributed by atoms with van der Waals surface area (Å²) >= 11 is 2.99. The fourth-order valence-electron chi connectivity index (χ4n) is 2.90. The molecular formula is C17H26N4O4S3Si. The molecule has 0 atom stereocenters. The maximum atomic E-state index is 12.5. The van der Waals surface area contributed by atoms with E-state index in [0.717, 1.165) is 9.59 Å². The molecule has 1 amide bonds. The van der Waals surface area contributed by atoms with Crippen molar-refractivity contribution in [1.29, 1.82) is 0 Å². The molecule has 1 aliphatic rings. The van der Waals surface area contributed by atoms with Crippen LogP contribution in [-0.2, 0) is 20.6 Å². The number of thioether (sulfide) groups is 1. The minimum atomic E-state index is -3.19. The lowest BCUT2D eigenvalue weighted by Gasteiger charge is -2.29. The Kier molecular flexibility index (Phi) is 6.88. The standard InChI is InChI=1S/C17H26N4O4S3Si/c1-28(23,24)21-7-5-12(6-8-21)16(22)20-17-19-10-15(27-17)26-11-13-18-9-14(25-13)29(2,3)4/h9-10,12H,5-8,11H2,1-4H3,(H,19,20,22). The maximum absolute atomic E-state index is 12.5. The van der Waals surface area contributed by atoms with Gasteiger partial charge in [-0.2, -0.15) is 0 Å². The van der Waals surface area contributed by atoms with Gasteiger partial charge in [0, 0.05) is 19.0 Å². The molecule has 29 heavy (non-hydrogen) atoms. The number of aromatic nitrogens is 2. The first-order valence-corrected chi connectivity index (χ1v) is 16.5. The van der Waals surface area contributed by atoms with Crippen molar-refractivity contribution in [2.45, 2.75) is 42.4 Å². The third-order valence-electron chi connectivity index (χ3n) is 4.64. The van der Waals surface area contributed by atoms with Crippen molar-refractivity contribution in [3.63, 3.8) is 0 Å². The number of anilines is 1. The van der Waals surface area contributed by atoms with E-state index in [1.807, 2.05) is 6.20 Å². The van der Waals surface area contributed by atoms with E-state index < -0.39 is 18.1 Å². The first-order chi connectivity index (χ1) is 13.5. The van der Waals surface area contributed by atoms with Crippen molar-refractivity contribution < 1.29 is 17.6 Å². The van der Waals surface area contributed by atoms with E-state index in [-0.39, 0.29) is 11.8 Å². The van der Waals surface area contributed by atoms with Gasteiger partial charge in [0.25, 0.3) is 0 Å². The number of carbonyl (C=O) groups is 1. The lowest BCUT2D eigenvalue weighted by Crippen LogP contribution is -2.40. The van der Waals surface area contributed by atoms with Gasteiger partial charge in [-0.25, -0.2) is 22.7 Å². The fraction of sp³-hybridized carbons (Fsp3) is 0.588. The van der Waals surface area contributed by atoms with Crippen LogP contribution in [0.3, 0.4) is 0 Å².